The van der Waals surface area contributed by atoms with Crippen LogP contribution >= 0.6 is 28.1 Å². The van der Waals surface area contributed by atoms with Gasteiger partial charge in [0.15, 0.2) is 5.82 Å². The first-order chi connectivity index (χ1) is 11.5. The fourth-order valence-electron chi connectivity index (χ4n) is 2.73. The molecule has 3 aromatic rings. The maximum absolute atomic E-state index is 5.33. The van der Waals surface area contributed by atoms with Gasteiger partial charge in [0, 0.05) is 15.6 Å². The van der Waals surface area contributed by atoms with E-state index in [0.717, 1.165) is 15.6 Å². The first-order valence-electron chi connectivity index (χ1n) is 7.52. The van der Waals surface area contributed by atoms with Crippen LogP contribution in [0.2, 0.25) is 0 Å². The summed E-state index contributed by atoms with van der Waals surface area (Å²) in [5.41, 5.74) is 5.65. The number of rotatable bonds is 3. The maximum atomic E-state index is 5.33. The Kier molecular flexibility index (Phi) is 4.78. The third-order valence-electron chi connectivity index (χ3n) is 3.81. The monoisotopic (exact) mass is 400 g/mol. The highest BCUT2D eigenvalue weighted by atomic mass is 79.9. The molecule has 0 spiro atoms. The number of hydrogen-bond acceptors (Lipinski definition) is 3. The molecule has 0 saturated heterocycles. The number of aromatic amines is 1. The summed E-state index contributed by atoms with van der Waals surface area (Å²) in [6.07, 6.45) is 1.84. The van der Waals surface area contributed by atoms with Crippen LogP contribution in [0, 0.1) is 25.5 Å². The van der Waals surface area contributed by atoms with Crippen molar-refractivity contribution in [3.05, 3.63) is 67.9 Å². The number of nitrogens with one attached hydrogen (secondary N) is 1. The number of aryl methyl sites for hydroxylation is 3. The van der Waals surface area contributed by atoms with Crippen molar-refractivity contribution in [1.82, 2.24) is 14.9 Å². The van der Waals surface area contributed by atoms with Crippen LogP contribution in [-0.2, 0) is 0 Å². The van der Waals surface area contributed by atoms with E-state index >= 15 is 0 Å². The molecule has 1 heterocycles. The molecule has 0 aliphatic carbocycles. The molecule has 0 aliphatic heterocycles. The Labute approximate surface area is 154 Å². The number of halogens is 1. The highest BCUT2D eigenvalue weighted by Crippen LogP contribution is 2.26. The Morgan fingerprint density at radius 2 is 1.83 bits per heavy atom. The molecule has 0 unspecified atom stereocenters. The second kappa shape index (κ2) is 6.83. The van der Waals surface area contributed by atoms with Gasteiger partial charge in [0.2, 0.25) is 4.77 Å². The van der Waals surface area contributed by atoms with Gasteiger partial charge < -0.3 is 0 Å². The summed E-state index contributed by atoms with van der Waals surface area (Å²) in [5.74, 6) is 0.672. The van der Waals surface area contributed by atoms with Gasteiger partial charge in [-0.25, -0.2) is 5.10 Å². The fraction of sp³-hybridized carbons (Fsp3) is 0.167. The van der Waals surface area contributed by atoms with Crippen molar-refractivity contribution in [3.63, 3.8) is 0 Å². The van der Waals surface area contributed by atoms with E-state index in [2.05, 4.69) is 64.1 Å². The molecule has 0 saturated carbocycles. The smallest absolute Gasteiger partial charge is 0.216 e. The minimum Gasteiger partial charge on any atom is -0.250 e. The average Bonchev–Trinajstić information content (AvgIpc) is 2.88. The van der Waals surface area contributed by atoms with Gasteiger partial charge in [-0.1, -0.05) is 45.8 Å². The molecule has 0 aliphatic rings. The van der Waals surface area contributed by atoms with Crippen LogP contribution in [0.1, 0.15) is 22.3 Å². The van der Waals surface area contributed by atoms with E-state index in [0.29, 0.717) is 10.6 Å². The Bertz CT molecular complexity index is 962. The summed E-state index contributed by atoms with van der Waals surface area (Å²) in [5, 5.41) is 11.7. The van der Waals surface area contributed by atoms with Crippen LogP contribution in [0.4, 0.5) is 0 Å². The lowest BCUT2D eigenvalue weighted by atomic mass is 10.0. The zero-order chi connectivity index (χ0) is 17.3. The van der Waals surface area contributed by atoms with Crippen LogP contribution in [0.5, 0.6) is 0 Å². The highest BCUT2D eigenvalue weighted by molar-refractivity contribution is 9.10. The number of H-pyrrole nitrogens is 1. The van der Waals surface area contributed by atoms with E-state index in [1.54, 1.807) is 4.68 Å². The number of aromatic nitrogens is 3. The molecular weight excluding hydrogens is 384 g/mol. The molecule has 3 rings (SSSR count). The molecule has 0 amide bonds. The molecular formula is C18H17BrN4S. The predicted octanol–water partition coefficient (Wildman–Crippen LogP) is 5.18. The Morgan fingerprint density at radius 1 is 1.17 bits per heavy atom. The summed E-state index contributed by atoms with van der Waals surface area (Å²) < 4.78 is 3.05. The number of nitrogens with zero attached hydrogens (tertiary/aromatic N) is 3. The Hall–Kier alpha value is -2.05. The van der Waals surface area contributed by atoms with E-state index in [1.807, 2.05) is 30.5 Å². The number of benzene rings is 2. The van der Waals surface area contributed by atoms with Gasteiger partial charge in [-0.3, -0.25) is 0 Å². The van der Waals surface area contributed by atoms with E-state index in [4.69, 9.17) is 12.2 Å². The van der Waals surface area contributed by atoms with Crippen molar-refractivity contribution in [3.8, 4) is 11.4 Å². The van der Waals surface area contributed by atoms with Crippen molar-refractivity contribution in [2.45, 2.75) is 20.8 Å². The largest absolute Gasteiger partial charge is 0.250 e. The molecule has 0 fully saturated rings. The predicted molar refractivity (Wildman–Crippen MR) is 104 cm³/mol. The maximum Gasteiger partial charge on any atom is 0.216 e. The molecule has 4 nitrogen and oxygen atoms in total. The molecule has 2 aromatic carbocycles. The van der Waals surface area contributed by atoms with E-state index in [-0.39, 0.29) is 0 Å². The van der Waals surface area contributed by atoms with Gasteiger partial charge in [0.05, 0.1) is 6.21 Å². The Balaban J connectivity index is 2.08. The van der Waals surface area contributed by atoms with Gasteiger partial charge >= 0.3 is 0 Å². The van der Waals surface area contributed by atoms with E-state index in [1.165, 1.54) is 16.7 Å². The summed E-state index contributed by atoms with van der Waals surface area (Å²) in [7, 11) is 0. The quantitative estimate of drug-likeness (QED) is 0.486. The third kappa shape index (κ3) is 3.25. The lowest BCUT2D eigenvalue weighted by molar-refractivity contribution is 0.870. The van der Waals surface area contributed by atoms with Crippen molar-refractivity contribution >= 4 is 34.4 Å². The molecule has 6 heteroatoms. The second-order valence-corrected chi connectivity index (χ2v) is 6.94. The van der Waals surface area contributed by atoms with Crippen molar-refractivity contribution in [2.24, 2.45) is 5.10 Å². The van der Waals surface area contributed by atoms with Gasteiger partial charge in [0.25, 0.3) is 0 Å². The molecule has 0 radical (unpaired) electrons. The Morgan fingerprint density at radius 3 is 2.50 bits per heavy atom. The van der Waals surface area contributed by atoms with Crippen LogP contribution in [0.3, 0.4) is 0 Å². The minimum atomic E-state index is 0.458. The van der Waals surface area contributed by atoms with Gasteiger partial charge in [-0.05, 0) is 56.2 Å². The van der Waals surface area contributed by atoms with Crippen molar-refractivity contribution in [2.75, 3.05) is 0 Å². The summed E-state index contributed by atoms with van der Waals surface area (Å²) in [6.45, 7) is 6.27. The summed E-state index contributed by atoms with van der Waals surface area (Å²) in [4.78, 5) is 0. The molecule has 0 atom stereocenters. The molecule has 1 N–H and O–H groups in total. The SMILES string of the molecule is Cc1cc(C)c(C=Nn2c(-c3ccccc3Br)n[nH]c2=S)c(C)c1. The lowest BCUT2D eigenvalue weighted by Gasteiger charge is -2.07. The minimum absolute atomic E-state index is 0.458. The fourth-order valence-corrected chi connectivity index (χ4v) is 3.37. The average molecular weight is 401 g/mol. The number of hydrogen-bond donors (Lipinski definition) is 1. The van der Waals surface area contributed by atoms with E-state index < -0.39 is 0 Å². The van der Waals surface area contributed by atoms with Gasteiger partial charge in [-0.2, -0.15) is 14.9 Å². The summed E-state index contributed by atoms with van der Waals surface area (Å²) in [6, 6.07) is 12.2. The highest BCUT2D eigenvalue weighted by Gasteiger charge is 2.11. The third-order valence-corrected chi connectivity index (χ3v) is 4.76. The van der Waals surface area contributed by atoms with Crippen molar-refractivity contribution in [1.29, 1.82) is 0 Å². The molecule has 1 aromatic heterocycles. The van der Waals surface area contributed by atoms with Crippen LogP contribution in [-0.4, -0.2) is 21.1 Å². The van der Waals surface area contributed by atoms with Crippen molar-refractivity contribution < 1.29 is 0 Å². The normalized spacial score (nSPS) is 11.3. The van der Waals surface area contributed by atoms with Crippen LogP contribution in [0.25, 0.3) is 11.4 Å². The lowest BCUT2D eigenvalue weighted by Crippen LogP contribution is -1.98. The first kappa shape index (κ1) is 16.8. The van der Waals surface area contributed by atoms with Gasteiger partial charge in [0.1, 0.15) is 0 Å². The summed E-state index contributed by atoms with van der Waals surface area (Å²) >= 11 is 8.88. The zero-order valence-corrected chi connectivity index (χ0v) is 16.1. The van der Waals surface area contributed by atoms with Crippen LogP contribution < -0.4 is 0 Å². The first-order valence-corrected chi connectivity index (χ1v) is 8.72. The molecule has 122 valence electrons. The molecule has 24 heavy (non-hydrogen) atoms. The standard InChI is InChI=1S/C18H17BrN4S/c1-11-8-12(2)15(13(3)9-11)10-20-23-17(21-22-18(23)24)14-6-4-5-7-16(14)19/h4-10H,1-3H3,(H,22,24). The van der Waals surface area contributed by atoms with Gasteiger partial charge in [-0.15, -0.1) is 0 Å². The second-order valence-electron chi connectivity index (χ2n) is 5.70. The topological polar surface area (TPSA) is 46.0 Å². The molecule has 0 bridgehead atoms. The zero-order valence-electron chi connectivity index (χ0n) is 13.7. The van der Waals surface area contributed by atoms with Crippen LogP contribution in [0.15, 0.2) is 46.0 Å². The van der Waals surface area contributed by atoms with E-state index in [9.17, 15) is 0 Å².